The molecule has 0 bridgehead atoms. The molecule has 0 saturated carbocycles. The van der Waals surface area contributed by atoms with Gasteiger partial charge < -0.3 is 26.6 Å². The van der Waals surface area contributed by atoms with E-state index in [1.807, 2.05) is 30.3 Å². The first kappa shape index (κ1) is 23.9. The van der Waals surface area contributed by atoms with Gasteiger partial charge in [-0.05, 0) is 35.6 Å². The Morgan fingerprint density at radius 1 is 0.871 bits per heavy atom. The fourth-order valence-corrected chi connectivity index (χ4v) is 3.08. The van der Waals surface area contributed by atoms with E-state index in [4.69, 9.17) is 5.73 Å². The lowest BCUT2D eigenvalue weighted by Gasteiger charge is -2.24. The van der Waals surface area contributed by atoms with Crippen molar-refractivity contribution in [1.29, 1.82) is 0 Å². The molecule has 0 spiro atoms. The summed E-state index contributed by atoms with van der Waals surface area (Å²) in [5.74, 6) is -2.55. The summed E-state index contributed by atoms with van der Waals surface area (Å²) in [7, 11) is 0. The highest BCUT2D eigenvalue weighted by atomic mass is 16.4. The van der Waals surface area contributed by atoms with Gasteiger partial charge in [0.2, 0.25) is 11.8 Å². The second-order valence-corrected chi connectivity index (χ2v) is 7.80. The number of hydrogen-bond donors (Lipinski definition) is 5. The van der Waals surface area contributed by atoms with Crippen molar-refractivity contribution in [2.24, 2.45) is 11.7 Å². The Hall–Kier alpha value is -3.39. The van der Waals surface area contributed by atoms with E-state index in [-0.39, 0.29) is 18.1 Å². The molecule has 0 aliphatic carbocycles. The molecule has 0 saturated heterocycles. The summed E-state index contributed by atoms with van der Waals surface area (Å²) in [6.45, 7) is 3.37. The molecular formula is C23H29N3O5. The lowest BCUT2D eigenvalue weighted by molar-refractivity contribution is -0.143. The predicted molar refractivity (Wildman–Crippen MR) is 116 cm³/mol. The summed E-state index contributed by atoms with van der Waals surface area (Å²) in [6, 6.07) is 12.5. The van der Waals surface area contributed by atoms with Crippen LogP contribution in [0.4, 0.5) is 0 Å². The molecule has 3 atom stereocenters. The molecule has 8 heteroatoms. The van der Waals surface area contributed by atoms with Crippen LogP contribution in [0.3, 0.4) is 0 Å². The lowest BCUT2D eigenvalue weighted by Crippen LogP contribution is -2.56. The van der Waals surface area contributed by atoms with E-state index in [9.17, 15) is 24.6 Å². The third kappa shape index (κ3) is 7.42. The van der Waals surface area contributed by atoms with Crippen LogP contribution in [-0.4, -0.2) is 46.1 Å². The van der Waals surface area contributed by atoms with Gasteiger partial charge in [-0.1, -0.05) is 56.3 Å². The van der Waals surface area contributed by atoms with E-state index in [2.05, 4.69) is 10.6 Å². The first-order chi connectivity index (χ1) is 14.7. The molecule has 0 aliphatic heterocycles. The Morgan fingerprint density at radius 2 is 1.45 bits per heavy atom. The third-order valence-electron chi connectivity index (χ3n) is 4.87. The monoisotopic (exact) mass is 427 g/mol. The summed E-state index contributed by atoms with van der Waals surface area (Å²) in [6.07, 6.45) is 0.407. The van der Waals surface area contributed by atoms with Crippen molar-refractivity contribution in [1.82, 2.24) is 10.6 Å². The number of nitrogens with one attached hydrogen (secondary N) is 2. The van der Waals surface area contributed by atoms with E-state index < -0.39 is 35.9 Å². The molecule has 3 unspecified atom stereocenters. The van der Waals surface area contributed by atoms with Crippen LogP contribution < -0.4 is 16.4 Å². The molecule has 2 amide bonds. The number of rotatable bonds is 10. The van der Waals surface area contributed by atoms with Crippen molar-refractivity contribution in [3.05, 3.63) is 65.7 Å². The average Bonchev–Trinajstić information content (AvgIpc) is 2.73. The Kier molecular flexibility index (Phi) is 8.57. The minimum atomic E-state index is -1.15. The molecule has 0 heterocycles. The zero-order chi connectivity index (χ0) is 23.0. The topological polar surface area (TPSA) is 142 Å². The zero-order valence-electron chi connectivity index (χ0n) is 17.6. The molecule has 0 aromatic heterocycles. The molecule has 166 valence electrons. The van der Waals surface area contributed by atoms with Crippen molar-refractivity contribution in [2.75, 3.05) is 0 Å². The fourth-order valence-electron chi connectivity index (χ4n) is 3.08. The number of carbonyl (C=O) groups is 3. The van der Waals surface area contributed by atoms with E-state index in [0.717, 1.165) is 5.56 Å². The summed E-state index contributed by atoms with van der Waals surface area (Å²) in [5, 5.41) is 24.0. The van der Waals surface area contributed by atoms with E-state index in [1.54, 1.807) is 26.0 Å². The highest BCUT2D eigenvalue weighted by Crippen LogP contribution is 2.12. The molecule has 2 aromatic carbocycles. The number of carbonyl (C=O) groups excluding carboxylic acids is 2. The van der Waals surface area contributed by atoms with Gasteiger partial charge in [0, 0.05) is 6.42 Å². The molecule has 2 aromatic rings. The highest BCUT2D eigenvalue weighted by Gasteiger charge is 2.29. The standard InChI is InChI=1S/C23H29N3O5/c1-14(2)20(23(30)31)26-22(29)19(13-16-8-10-17(27)11-9-16)25-21(28)18(24)12-15-6-4-3-5-7-15/h3-11,14,18-20,27H,12-13,24H2,1-2H3,(H,25,28)(H,26,29)(H,30,31). The van der Waals surface area contributed by atoms with Crippen molar-refractivity contribution in [2.45, 2.75) is 44.8 Å². The van der Waals surface area contributed by atoms with Gasteiger partial charge in [0.1, 0.15) is 17.8 Å². The van der Waals surface area contributed by atoms with Gasteiger partial charge in [0.25, 0.3) is 0 Å². The zero-order valence-corrected chi connectivity index (χ0v) is 17.6. The number of benzene rings is 2. The van der Waals surface area contributed by atoms with Crippen LogP contribution in [0.25, 0.3) is 0 Å². The first-order valence-electron chi connectivity index (χ1n) is 10.1. The van der Waals surface area contributed by atoms with Gasteiger partial charge in [-0.25, -0.2) is 4.79 Å². The molecule has 0 fully saturated rings. The number of carboxylic acid groups (broad SMARTS) is 1. The van der Waals surface area contributed by atoms with Crippen LogP contribution in [0.15, 0.2) is 54.6 Å². The number of phenols is 1. The van der Waals surface area contributed by atoms with Gasteiger partial charge in [-0.3, -0.25) is 9.59 Å². The Balaban J connectivity index is 2.15. The van der Waals surface area contributed by atoms with Crippen molar-refractivity contribution in [3.63, 3.8) is 0 Å². The highest BCUT2D eigenvalue weighted by molar-refractivity contribution is 5.92. The summed E-state index contributed by atoms with van der Waals surface area (Å²) < 4.78 is 0. The quantitative estimate of drug-likeness (QED) is 0.386. The summed E-state index contributed by atoms with van der Waals surface area (Å²) in [5.41, 5.74) is 7.61. The fraction of sp³-hybridized carbons (Fsp3) is 0.348. The van der Waals surface area contributed by atoms with Gasteiger partial charge in [0.05, 0.1) is 6.04 Å². The second kappa shape index (κ2) is 11.1. The van der Waals surface area contributed by atoms with Crippen LogP contribution in [0, 0.1) is 5.92 Å². The number of amides is 2. The average molecular weight is 428 g/mol. The van der Waals surface area contributed by atoms with E-state index in [1.165, 1.54) is 12.1 Å². The van der Waals surface area contributed by atoms with Gasteiger partial charge >= 0.3 is 5.97 Å². The first-order valence-corrected chi connectivity index (χ1v) is 10.1. The lowest BCUT2D eigenvalue weighted by atomic mass is 10.0. The van der Waals surface area contributed by atoms with Crippen LogP contribution in [0.5, 0.6) is 5.75 Å². The normalized spacial score (nSPS) is 13.8. The number of nitrogens with two attached hydrogens (primary N) is 1. The molecular weight excluding hydrogens is 398 g/mol. The summed E-state index contributed by atoms with van der Waals surface area (Å²) in [4.78, 5) is 37.0. The number of aliphatic carboxylic acids is 1. The van der Waals surface area contributed by atoms with Crippen molar-refractivity contribution >= 4 is 17.8 Å². The Bertz CT molecular complexity index is 884. The van der Waals surface area contributed by atoms with Gasteiger partial charge in [-0.15, -0.1) is 0 Å². The number of phenolic OH excluding ortho intramolecular Hbond substituents is 1. The maximum absolute atomic E-state index is 12.9. The summed E-state index contributed by atoms with van der Waals surface area (Å²) >= 11 is 0. The maximum atomic E-state index is 12.9. The molecule has 6 N–H and O–H groups in total. The van der Waals surface area contributed by atoms with Crippen molar-refractivity contribution < 1.29 is 24.6 Å². The predicted octanol–water partition coefficient (Wildman–Crippen LogP) is 1.21. The molecule has 0 aliphatic rings. The molecule has 31 heavy (non-hydrogen) atoms. The molecule has 0 radical (unpaired) electrons. The number of carboxylic acids is 1. The van der Waals surface area contributed by atoms with E-state index in [0.29, 0.717) is 12.0 Å². The van der Waals surface area contributed by atoms with Crippen molar-refractivity contribution in [3.8, 4) is 5.75 Å². The molecule has 8 nitrogen and oxygen atoms in total. The Labute approximate surface area is 181 Å². The van der Waals surface area contributed by atoms with Gasteiger partial charge in [0.15, 0.2) is 0 Å². The van der Waals surface area contributed by atoms with Crippen LogP contribution in [0.2, 0.25) is 0 Å². The Morgan fingerprint density at radius 3 is 2.00 bits per heavy atom. The van der Waals surface area contributed by atoms with Crippen LogP contribution in [0.1, 0.15) is 25.0 Å². The smallest absolute Gasteiger partial charge is 0.326 e. The maximum Gasteiger partial charge on any atom is 0.326 e. The minimum Gasteiger partial charge on any atom is -0.508 e. The number of aromatic hydroxyl groups is 1. The second-order valence-electron chi connectivity index (χ2n) is 7.80. The molecule has 2 rings (SSSR count). The van der Waals surface area contributed by atoms with Gasteiger partial charge in [-0.2, -0.15) is 0 Å². The van der Waals surface area contributed by atoms with E-state index >= 15 is 0 Å². The van der Waals surface area contributed by atoms with Crippen LogP contribution >= 0.6 is 0 Å². The third-order valence-corrected chi connectivity index (χ3v) is 4.87. The number of hydrogen-bond acceptors (Lipinski definition) is 5. The SMILES string of the molecule is CC(C)C(NC(=O)C(Cc1ccc(O)cc1)NC(=O)C(N)Cc1ccccc1)C(=O)O. The minimum absolute atomic E-state index is 0.0735. The largest absolute Gasteiger partial charge is 0.508 e. The van der Waals surface area contributed by atoms with Crippen LogP contribution in [-0.2, 0) is 27.2 Å².